The quantitative estimate of drug-likeness (QED) is 0.673. The van der Waals surface area contributed by atoms with E-state index in [0.717, 1.165) is 79.7 Å². The van der Waals surface area contributed by atoms with Crippen LogP contribution in [0.5, 0.6) is 5.75 Å². The number of aryl methyl sites for hydroxylation is 1. The van der Waals surface area contributed by atoms with Crippen molar-refractivity contribution in [1.82, 2.24) is 19.8 Å². The fraction of sp³-hybridized carbons (Fsp3) is 0.520. The second kappa shape index (κ2) is 9.09. The lowest BCUT2D eigenvalue weighted by Crippen LogP contribution is -2.48. The van der Waals surface area contributed by atoms with E-state index < -0.39 is 0 Å². The van der Waals surface area contributed by atoms with E-state index >= 15 is 0 Å². The number of amides is 2. The standard InChI is InChI=1S/C25H31N5O3/c1-17-21-13-22(31)30(14-18-6-8-20(33-2)9-7-18)25(21)27-24(26-17)19-5-3-10-28(15-19)16-23(32)29-11-4-12-29/h6-9,19H,3-5,10-16H2,1-2H3/t19-/m0/s1. The van der Waals surface area contributed by atoms with E-state index in [9.17, 15) is 9.59 Å². The maximum atomic E-state index is 12.9. The van der Waals surface area contributed by atoms with Crippen molar-refractivity contribution in [3.05, 3.63) is 46.9 Å². The molecule has 174 valence electrons. The number of benzene rings is 1. The number of fused-ring (bicyclic) bond motifs is 1. The minimum atomic E-state index is 0.0563. The van der Waals surface area contributed by atoms with Gasteiger partial charge in [0, 0.05) is 36.8 Å². The molecule has 3 aliphatic rings. The zero-order valence-corrected chi connectivity index (χ0v) is 19.4. The van der Waals surface area contributed by atoms with E-state index in [2.05, 4.69) is 4.90 Å². The average Bonchev–Trinajstić information content (AvgIpc) is 3.09. The molecule has 0 N–H and O–H groups in total. The Morgan fingerprint density at radius 2 is 1.91 bits per heavy atom. The van der Waals surface area contributed by atoms with Crippen LogP contribution in [-0.2, 0) is 22.6 Å². The number of ether oxygens (including phenoxy) is 1. The molecule has 0 saturated carbocycles. The van der Waals surface area contributed by atoms with Crippen LogP contribution in [0.4, 0.5) is 5.82 Å². The molecular weight excluding hydrogens is 418 g/mol. The predicted octanol–water partition coefficient (Wildman–Crippen LogP) is 2.29. The molecule has 0 aliphatic carbocycles. The van der Waals surface area contributed by atoms with Crippen molar-refractivity contribution in [3.8, 4) is 5.75 Å². The lowest BCUT2D eigenvalue weighted by Gasteiger charge is -2.36. The topological polar surface area (TPSA) is 78.9 Å². The number of likely N-dealkylation sites (tertiary alicyclic amines) is 2. The van der Waals surface area contributed by atoms with E-state index in [1.807, 2.05) is 36.1 Å². The molecule has 2 amide bonds. The Balaban J connectivity index is 1.34. The molecule has 2 aromatic rings. The average molecular weight is 450 g/mol. The van der Waals surface area contributed by atoms with Crippen LogP contribution in [-0.4, -0.2) is 71.4 Å². The van der Waals surface area contributed by atoms with Crippen LogP contribution in [0, 0.1) is 6.92 Å². The zero-order chi connectivity index (χ0) is 22.9. The van der Waals surface area contributed by atoms with Gasteiger partial charge in [-0.05, 0) is 50.4 Å². The number of hydrogen-bond donors (Lipinski definition) is 0. The molecule has 8 heteroatoms. The molecular formula is C25H31N5O3. The maximum absolute atomic E-state index is 12.9. The molecule has 0 radical (unpaired) electrons. The second-order valence-electron chi connectivity index (χ2n) is 9.28. The molecule has 0 unspecified atom stereocenters. The van der Waals surface area contributed by atoms with E-state index in [1.54, 1.807) is 12.0 Å². The third-order valence-electron chi connectivity index (χ3n) is 7.03. The summed E-state index contributed by atoms with van der Waals surface area (Å²) in [7, 11) is 1.64. The molecule has 0 bridgehead atoms. The molecule has 5 rings (SSSR count). The van der Waals surface area contributed by atoms with Gasteiger partial charge in [-0.15, -0.1) is 0 Å². The third-order valence-corrected chi connectivity index (χ3v) is 7.03. The molecule has 0 spiro atoms. The molecule has 2 saturated heterocycles. The van der Waals surface area contributed by atoms with Gasteiger partial charge in [0.15, 0.2) is 0 Å². The zero-order valence-electron chi connectivity index (χ0n) is 19.4. The van der Waals surface area contributed by atoms with Crippen molar-refractivity contribution >= 4 is 17.6 Å². The van der Waals surface area contributed by atoms with Crippen LogP contribution in [0.25, 0.3) is 0 Å². The fourth-order valence-corrected chi connectivity index (χ4v) is 4.92. The number of piperidine rings is 1. The Morgan fingerprint density at radius 1 is 1.12 bits per heavy atom. The molecule has 1 aromatic heterocycles. The Bertz CT molecular complexity index is 1050. The van der Waals surface area contributed by atoms with Crippen molar-refractivity contribution in [2.24, 2.45) is 0 Å². The van der Waals surface area contributed by atoms with E-state index in [4.69, 9.17) is 14.7 Å². The Labute approximate surface area is 194 Å². The number of methoxy groups -OCH3 is 1. The highest BCUT2D eigenvalue weighted by Gasteiger charge is 2.34. The highest BCUT2D eigenvalue weighted by Crippen LogP contribution is 2.33. The number of carbonyl (C=O) groups excluding carboxylic acids is 2. The van der Waals surface area contributed by atoms with Gasteiger partial charge in [0.05, 0.1) is 26.6 Å². The fourth-order valence-electron chi connectivity index (χ4n) is 4.92. The Kier molecular flexibility index (Phi) is 6.01. The van der Waals surface area contributed by atoms with Crippen LogP contribution in [0.2, 0.25) is 0 Å². The van der Waals surface area contributed by atoms with Gasteiger partial charge in [0.1, 0.15) is 17.4 Å². The minimum Gasteiger partial charge on any atom is -0.497 e. The monoisotopic (exact) mass is 449 g/mol. The summed E-state index contributed by atoms with van der Waals surface area (Å²) in [5.41, 5.74) is 2.84. The van der Waals surface area contributed by atoms with Crippen molar-refractivity contribution < 1.29 is 14.3 Å². The van der Waals surface area contributed by atoms with Gasteiger partial charge in [-0.25, -0.2) is 9.97 Å². The maximum Gasteiger partial charge on any atom is 0.236 e. The summed E-state index contributed by atoms with van der Waals surface area (Å²) in [4.78, 5) is 41.0. The summed E-state index contributed by atoms with van der Waals surface area (Å²) in [6.07, 6.45) is 3.48. The van der Waals surface area contributed by atoms with E-state index in [0.29, 0.717) is 19.5 Å². The van der Waals surface area contributed by atoms with Gasteiger partial charge in [0.2, 0.25) is 11.8 Å². The Hall–Kier alpha value is -3.00. The molecule has 1 aromatic carbocycles. The molecule has 2 fully saturated rings. The smallest absolute Gasteiger partial charge is 0.236 e. The van der Waals surface area contributed by atoms with Gasteiger partial charge < -0.3 is 9.64 Å². The Morgan fingerprint density at radius 3 is 2.61 bits per heavy atom. The predicted molar refractivity (Wildman–Crippen MR) is 124 cm³/mol. The number of nitrogens with zero attached hydrogens (tertiary/aromatic N) is 5. The molecule has 1 atom stereocenters. The SMILES string of the molecule is COc1ccc(CN2C(=O)Cc3c(C)nc([C@H]4CCCN(CC(=O)N5CCC5)C4)nc32)cc1. The first kappa shape index (κ1) is 21.8. The number of aromatic nitrogens is 2. The van der Waals surface area contributed by atoms with Gasteiger partial charge >= 0.3 is 0 Å². The van der Waals surface area contributed by atoms with Gasteiger partial charge in [0.25, 0.3) is 0 Å². The van der Waals surface area contributed by atoms with Crippen LogP contribution >= 0.6 is 0 Å². The first-order valence-corrected chi connectivity index (χ1v) is 11.8. The summed E-state index contributed by atoms with van der Waals surface area (Å²) < 4.78 is 5.24. The second-order valence-corrected chi connectivity index (χ2v) is 9.28. The van der Waals surface area contributed by atoms with E-state index in [-0.39, 0.29) is 17.7 Å². The lowest BCUT2D eigenvalue weighted by molar-refractivity contribution is -0.136. The largest absolute Gasteiger partial charge is 0.497 e. The summed E-state index contributed by atoms with van der Waals surface area (Å²) >= 11 is 0. The highest BCUT2D eigenvalue weighted by molar-refractivity contribution is 6.00. The van der Waals surface area contributed by atoms with Crippen LogP contribution in [0.15, 0.2) is 24.3 Å². The first-order valence-electron chi connectivity index (χ1n) is 11.8. The van der Waals surface area contributed by atoms with Gasteiger partial charge in [-0.1, -0.05) is 12.1 Å². The molecule has 8 nitrogen and oxygen atoms in total. The van der Waals surface area contributed by atoms with Crippen LogP contribution in [0.1, 0.15) is 47.8 Å². The van der Waals surface area contributed by atoms with Crippen molar-refractivity contribution in [3.63, 3.8) is 0 Å². The summed E-state index contributed by atoms with van der Waals surface area (Å²) in [6, 6.07) is 7.78. The number of rotatable bonds is 6. The third kappa shape index (κ3) is 4.44. The number of hydrogen-bond acceptors (Lipinski definition) is 6. The highest BCUT2D eigenvalue weighted by atomic mass is 16.5. The molecule has 33 heavy (non-hydrogen) atoms. The normalized spacial score (nSPS) is 20.5. The summed E-state index contributed by atoms with van der Waals surface area (Å²) in [5, 5.41) is 0. The van der Waals surface area contributed by atoms with Crippen molar-refractivity contribution in [1.29, 1.82) is 0 Å². The number of anilines is 1. The van der Waals surface area contributed by atoms with Crippen molar-refractivity contribution in [2.75, 3.05) is 44.7 Å². The first-order chi connectivity index (χ1) is 16.0. The van der Waals surface area contributed by atoms with Crippen LogP contribution in [0.3, 0.4) is 0 Å². The summed E-state index contributed by atoms with van der Waals surface area (Å²) in [5.74, 6) is 2.78. The van der Waals surface area contributed by atoms with Gasteiger partial charge in [-0.2, -0.15) is 0 Å². The van der Waals surface area contributed by atoms with Crippen molar-refractivity contribution in [2.45, 2.75) is 45.1 Å². The van der Waals surface area contributed by atoms with E-state index in [1.165, 1.54) is 0 Å². The number of carbonyl (C=O) groups is 2. The van der Waals surface area contributed by atoms with Gasteiger partial charge in [-0.3, -0.25) is 19.4 Å². The van der Waals surface area contributed by atoms with Crippen LogP contribution < -0.4 is 9.64 Å². The minimum absolute atomic E-state index is 0.0563. The lowest BCUT2D eigenvalue weighted by atomic mass is 9.96. The molecule has 3 aliphatic heterocycles. The molecule has 4 heterocycles. The summed E-state index contributed by atoms with van der Waals surface area (Å²) in [6.45, 7) is 6.42.